The molecular weight excluding hydrogens is 248 g/mol. The van der Waals surface area contributed by atoms with Crippen LogP contribution < -0.4 is 11.0 Å². The highest BCUT2D eigenvalue weighted by atomic mass is 19.1. The molecule has 0 radical (unpaired) electrons. The minimum absolute atomic E-state index is 0.0813. The van der Waals surface area contributed by atoms with Crippen molar-refractivity contribution in [3.05, 3.63) is 63.8 Å². The highest BCUT2D eigenvalue weighted by molar-refractivity contribution is 6.58. The maximum Gasteiger partial charge on any atom is 0.488 e. The van der Waals surface area contributed by atoms with Crippen LogP contribution in [0.2, 0.25) is 0 Å². The second kappa shape index (κ2) is 5.38. The highest BCUT2D eigenvalue weighted by Crippen LogP contribution is 2.07. The summed E-state index contributed by atoms with van der Waals surface area (Å²) in [4.78, 5) is 11.8. The summed E-state index contributed by atoms with van der Waals surface area (Å²) in [5.41, 5.74) is 0.813. The first-order valence-corrected chi connectivity index (χ1v) is 5.79. The number of halogens is 1. The van der Waals surface area contributed by atoms with Gasteiger partial charge in [0.1, 0.15) is 5.82 Å². The van der Waals surface area contributed by atoms with Crippen molar-refractivity contribution in [1.82, 2.24) is 4.57 Å². The molecule has 6 heteroatoms. The molecule has 0 fully saturated rings. The fraction of sp³-hybridized carbons (Fsp3) is 0.154. The number of aryl methyl sites for hydroxylation is 1. The first-order chi connectivity index (χ1) is 8.99. The molecule has 1 aromatic heterocycles. The second-order valence-electron chi connectivity index (χ2n) is 4.35. The zero-order valence-corrected chi connectivity index (χ0v) is 10.4. The first kappa shape index (κ1) is 13.5. The van der Waals surface area contributed by atoms with E-state index in [1.54, 1.807) is 25.3 Å². The van der Waals surface area contributed by atoms with Crippen molar-refractivity contribution in [2.75, 3.05) is 0 Å². The van der Waals surface area contributed by atoms with Crippen molar-refractivity contribution in [2.45, 2.75) is 13.5 Å². The molecule has 19 heavy (non-hydrogen) atoms. The summed E-state index contributed by atoms with van der Waals surface area (Å²) in [6, 6.07) is 7.34. The van der Waals surface area contributed by atoms with Crippen molar-refractivity contribution >= 4 is 12.6 Å². The van der Waals surface area contributed by atoms with Crippen LogP contribution in [0.3, 0.4) is 0 Å². The van der Waals surface area contributed by atoms with Gasteiger partial charge in [-0.25, -0.2) is 4.39 Å². The van der Waals surface area contributed by atoms with Gasteiger partial charge in [-0.2, -0.15) is 0 Å². The van der Waals surface area contributed by atoms with Gasteiger partial charge in [-0.3, -0.25) is 4.79 Å². The van der Waals surface area contributed by atoms with Crippen LogP contribution in [0.1, 0.15) is 11.1 Å². The van der Waals surface area contributed by atoms with E-state index in [2.05, 4.69) is 0 Å². The normalized spacial score (nSPS) is 10.5. The summed E-state index contributed by atoms with van der Waals surface area (Å²) < 4.78 is 15.2. The van der Waals surface area contributed by atoms with E-state index in [0.717, 1.165) is 6.07 Å². The van der Waals surface area contributed by atoms with Gasteiger partial charge in [-0.15, -0.1) is 0 Å². The Bertz CT molecular complexity index is 655. The van der Waals surface area contributed by atoms with E-state index in [0.29, 0.717) is 11.1 Å². The van der Waals surface area contributed by atoms with E-state index in [1.807, 2.05) is 0 Å². The quantitative estimate of drug-likeness (QED) is 0.766. The summed E-state index contributed by atoms with van der Waals surface area (Å²) in [6.07, 6.45) is 1.59. The molecule has 2 N–H and O–H groups in total. The maximum atomic E-state index is 13.8. The fourth-order valence-electron chi connectivity index (χ4n) is 1.82. The zero-order chi connectivity index (χ0) is 14.0. The molecule has 0 aliphatic rings. The third-order valence-corrected chi connectivity index (χ3v) is 2.93. The van der Waals surface area contributed by atoms with Gasteiger partial charge in [-0.1, -0.05) is 18.2 Å². The van der Waals surface area contributed by atoms with Gasteiger partial charge in [0.15, 0.2) is 0 Å². The molecular formula is C13H13BFNO3. The highest BCUT2D eigenvalue weighted by Gasteiger charge is 2.13. The SMILES string of the molecule is Cc1cccn(Cc2ccc(B(O)O)cc2F)c1=O. The molecule has 0 bridgehead atoms. The van der Waals surface area contributed by atoms with Crippen LogP contribution in [0.4, 0.5) is 4.39 Å². The van der Waals surface area contributed by atoms with Crippen molar-refractivity contribution < 1.29 is 14.4 Å². The van der Waals surface area contributed by atoms with Crippen LogP contribution in [0, 0.1) is 12.7 Å². The van der Waals surface area contributed by atoms with Gasteiger partial charge in [0.25, 0.3) is 5.56 Å². The van der Waals surface area contributed by atoms with Crippen LogP contribution in [0.25, 0.3) is 0 Å². The standard InChI is InChI=1S/C13H13BFNO3/c1-9-3-2-6-16(13(9)17)8-10-4-5-11(14(18)19)7-12(10)15/h2-7,18-19H,8H2,1H3. The summed E-state index contributed by atoms with van der Waals surface area (Å²) in [7, 11) is -1.70. The lowest BCUT2D eigenvalue weighted by Gasteiger charge is -2.09. The Morgan fingerprint density at radius 2 is 2.05 bits per heavy atom. The van der Waals surface area contributed by atoms with E-state index in [1.165, 1.54) is 16.7 Å². The predicted molar refractivity (Wildman–Crippen MR) is 70.8 cm³/mol. The smallest absolute Gasteiger partial charge is 0.423 e. The summed E-state index contributed by atoms with van der Waals surface area (Å²) in [5.74, 6) is -0.570. The summed E-state index contributed by atoms with van der Waals surface area (Å²) in [5, 5.41) is 17.9. The molecule has 0 amide bonds. The Hall–Kier alpha value is -1.92. The van der Waals surface area contributed by atoms with Crippen molar-refractivity contribution in [2.24, 2.45) is 0 Å². The Balaban J connectivity index is 2.34. The van der Waals surface area contributed by atoms with Gasteiger partial charge in [-0.05, 0) is 24.5 Å². The molecule has 0 saturated heterocycles. The van der Waals surface area contributed by atoms with E-state index < -0.39 is 12.9 Å². The Kier molecular flexibility index (Phi) is 3.83. The number of hydrogen-bond donors (Lipinski definition) is 2. The lowest BCUT2D eigenvalue weighted by Crippen LogP contribution is -2.30. The number of hydrogen-bond acceptors (Lipinski definition) is 3. The van der Waals surface area contributed by atoms with E-state index in [9.17, 15) is 9.18 Å². The average Bonchev–Trinajstić information content (AvgIpc) is 2.37. The van der Waals surface area contributed by atoms with Gasteiger partial charge in [0.2, 0.25) is 0 Å². The minimum atomic E-state index is -1.70. The Morgan fingerprint density at radius 3 is 2.68 bits per heavy atom. The lowest BCUT2D eigenvalue weighted by atomic mass is 9.80. The third kappa shape index (κ3) is 2.92. The molecule has 1 heterocycles. The monoisotopic (exact) mass is 261 g/mol. The Labute approximate surface area is 109 Å². The summed E-state index contributed by atoms with van der Waals surface area (Å²) in [6.45, 7) is 1.80. The third-order valence-electron chi connectivity index (χ3n) is 2.93. The predicted octanol–water partition coefficient (Wildman–Crippen LogP) is 0.0239. The van der Waals surface area contributed by atoms with Gasteiger partial charge in [0.05, 0.1) is 6.54 Å². The molecule has 98 valence electrons. The molecule has 4 nitrogen and oxygen atoms in total. The fourth-order valence-corrected chi connectivity index (χ4v) is 1.82. The van der Waals surface area contributed by atoms with Crippen molar-refractivity contribution in [3.8, 4) is 0 Å². The number of pyridine rings is 1. The van der Waals surface area contributed by atoms with Gasteiger partial charge < -0.3 is 14.6 Å². The molecule has 0 atom stereocenters. The van der Waals surface area contributed by atoms with E-state index >= 15 is 0 Å². The second-order valence-corrected chi connectivity index (χ2v) is 4.35. The van der Waals surface area contributed by atoms with Gasteiger partial charge in [0, 0.05) is 17.3 Å². The molecule has 2 rings (SSSR count). The molecule has 1 aromatic carbocycles. The molecule has 0 unspecified atom stereocenters. The van der Waals surface area contributed by atoms with E-state index in [4.69, 9.17) is 10.0 Å². The molecule has 0 spiro atoms. The molecule has 0 aliphatic carbocycles. The number of nitrogens with zero attached hydrogens (tertiary/aromatic N) is 1. The Morgan fingerprint density at radius 1 is 1.32 bits per heavy atom. The first-order valence-electron chi connectivity index (χ1n) is 5.79. The van der Waals surface area contributed by atoms with Crippen LogP contribution in [-0.2, 0) is 6.54 Å². The lowest BCUT2D eigenvalue weighted by molar-refractivity contribution is 0.425. The largest absolute Gasteiger partial charge is 0.488 e. The van der Waals surface area contributed by atoms with Gasteiger partial charge >= 0.3 is 7.12 Å². The number of aromatic nitrogens is 1. The topological polar surface area (TPSA) is 62.5 Å². The minimum Gasteiger partial charge on any atom is -0.423 e. The summed E-state index contributed by atoms with van der Waals surface area (Å²) >= 11 is 0. The van der Waals surface area contributed by atoms with Crippen LogP contribution in [-0.4, -0.2) is 21.7 Å². The maximum absolute atomic E-state index is 13.8. The van der Waals surface area contributed by atoms with Crippen LogP contribution >= 0.6 is 0 Å². The number of rotatable bonds is 3. The molecule has 2 aromatic rings. The number of benzene rings is 1. The molecule has 0 aliphatic heterocycles. The zero-order valence-electron chi connectivity index (χ0n) is 10.4. The van der Waals surface area contributed by atoms with E-state index in [-0.39, 0.29) is 17.6 Å². The molecule has 0 saturated carbocycles. The van der Waals surface area contributed by atoms with Crippen LogP contribution in [0.15, 0.2) is 41.3 Å². The van der Waals surface area contributed by atoms with Crippen molar-refractivity contribution in [3.63, 3.8) is 0 Å². The van der Waals surface area contributed by atoms with Crippen molar-refractivity contribution in [1.29, 1.82) is 0 Å². The van der Waals surface area contributed by atoms with Crippen LogP contribution in [0.5, 0.6) is 0 Å². The average molecular weight is 261 g/mol.